The quantitative estimate of drug-likeness (QED) is 0.799. The Kier molecular flexibility index (Phi) is 5.41. The van der Waals surface area contributed by atoms with E-state index in [2.05, 4.69) is 5.32 Å². The lowest BCUT2D eigenvalue weighted by Gasteiger charge is -2.23. The average Bonchev–Trinajstić information content (AvgIpc) is 2.85. The Balaban J connectivity index is 1.83. The van der Waals surface area contributed by atoms with Crippen LogP contribution in [0.25, 0.3) is 0 Å². The van der Waals surface area contributed by atoms with Gasteiger partial charge in [-0.25, -0.2) is 8.42 Å². The Morgan fingerprint density at radius 3 is 2.61 bits per heavy atom. The van der Waals surface area contributed by atoms with Crippen LogP contribution in [0.1, 0.15) is 24.0 Å². The molecule has 0 aromatic heterocycles. The molecule has 1 aliphatic rings. The lowest BCUT2D eigenvalue weighted by Crippen LogP contribution is -2.40. The number of hydrogen-bond donors (Lipinski definition) is 1. The number of aryl methyl sites for hydroxylation is 1. The van der Waals surface area contributed by atoms with E-state index in [0.717, 1.165) is 11.1 Å². The molecule has 23 heavy (non-hydrogen) atoms. The molecule has 1 aromatic carbocycles. The minimum atomic E-state index is -3.05. The molecule has 1 fully saturated rings. The molecule has 2 amide bonds. The van der Waals surface area contributed by atoms with Crippen molar-refractivity contribution in [2.45, 2.75) is 32.4 Å². The van der Waals surface area contributed by atoms with Gasteiger partial charge in [0.2, 0.25) is 11.8 Å². The van der Waals surface area contributed by atoms with Crippen LogP contribution in [0.5, 0.6) is 0 Å². The molecule has 1 aliphatic heterocycles. The zero-order chi connectivity index (χ0) is 17.0. The minimum absolute atomic E-state index is 0.0138. The summed E-state index contributed by atoms with van der Waals surface area (Å²) >= 11 is 0. The van der Waals surface area contributed by atoms with E-state index >= 15 is 0 Å². The molecular weight excluding hydrogens is 316 g/mol. The van der Waals surface area contributed by atoms with Crippen molar-refractivity contribution >= 4 is 21.7 Å². The largest absolute Gasteiger partial charge is 0.352 e. The van der Waals surface area contributed by atoms with E-state index in [4.69, 9.17) is 0 Å². The fourth-order valence-electron chi connectivity index (χ4n) is 2.61. The third-order valence-electron chi connectivity index (χ3n) is 4.20. The maximum atomic E-state index is 12.1. The van der Waals surface area contributed by atoms with Crippen molar-refractivity contribution in [3.05, 3.63) is 35.4 Å². The molecule has 7 heteroatoms. The van der Waals surface area contributed by atoms with Gasteiger partial charge in [0.25, 0.3) is 0 Å². The molecule has 0 bridgehead atoms. The first-order valence-electron chi connectivity index (χ1n) is 7.56. The second-order valence-electron chi connectivity index (χ2n) is 5.94. The fourth-order valence-corrected chi connectivity index (χ4v) is 4.39. The summed E-state index contributed by atoms with van der Waals surface area (Å²) in [4.78, 5) is 25.4. The number of carbonyl (C=O) groups excluding carboxylic acids is 2. The van der Waals surface area contributed by atoms with Crippen LogP contribution in [-0.2, 0) is 26.0 Å². The Bertz CT molecular complexity index is 700. The Hall–Kier alpha value is -1.89. The SMILES string of the molecule is Cc1ccccc1CNC(=O)CC(=O)N(C)C1CCS(=O)(=O)C1. The van der Waals surface area contributed by atoms with Crippen LogP contribution < -0.4 is 5.32 Å². The minimum Gasteiger partial charge on any atom is -0.352 e. The van der Waals surface area contributed by atoms with Crippen LogP contribution in [-0.4, -0.2) is 49.7 Å². The van der Waals surface area contributed by atoms with E-state index in [1.807, 2.05) is 31.2 Å². The van der Waals surface area contributed by atoms with Crippen LogP contribution in [0.3, 0.4) is 0 Å². The Morgan fingerprint density at radius 1 is 1.30 bits per heavy atom. The number of nitrogens with one attached hydrogen (secondary N) is 1. The predicted octanol–water partition coefficient (Wildman–Crippen LogP) is 0.647. The van der Waals surface area contributed by atoms with Crippen LogP contribution >= 0.6 is 0 Å². The third-order valence-corrected chi connectivity index (χ3v) is 5.95. The number of nitrogens with zero attached hydrogens (tertiary/aromatic N) is 1. The summed E-state index contributed by atoms with van der Waals surface area (Å²) < 4.78 is 22.9. The fraction of sp³-hybridized carbons (Fsp3) is 0.500. The van der Waals surface area contributed by atoms with Crippen molar-refractivity contribution in [2.24, 2.45) is 0 Å². The highest BCUT2D eigenvalue weighted by molar-refractivity contribution is 7.91. The molecule has 0 spiro atoms. The lowest BCUT2D eigenvalue weighted by atomic mass is 10.1. The van der Waals surface area contributed by atoms with E-state index in [-0.39, 0.29) is 35.8 Å². The number of sulfone groups is 1. The summed E-state index contributed by atoms with van der Waals surface area (Å²) in [6.07, 6.45) is 0.175. The van der Waals surface area contributed by atoms with Crippen molar-refractivity contribution in [3.63, 3.8) is 0 Å². The van der Waals surface area contributed by atoms with Crippen molar-refractivity contribution in [3.8, 4) is 0 Å². The van der Waals surface area contributed by atoms with Crippen molar-refractivity contribution in [1.82, 2.24) is 10.2 Å². The van der Waals surface area contributed by atoms with Gasteiger partial charge in [-0.1, -0.05) is 24.3 Å². The number of rotatable bonds is 5. The van der Waals surface area contributed by atoms with Crippen LogP contribution in [0.15, 0.2) is 24.3 Å². The molecule has 0 saturated carbocycles. The van der Waals surface area contributed by atoms with Gasteiger partial charge in [0.05, 0.1) is 11.5 Å². The molecule has 1 aromatic rings. The third kappa shape index (κ3) is 4.79. The number of amides is 2. The maximum Gasteiger partial charge on any atom is 0.232 e. The molecule has 2 rings (SSSR count). The summed E-state index contributed by atoms with van der Waals surface area (Å²) in [5, 5.41) is 2.73. The highest BCUT2D eigenvalue weighted by atomic mass is 32.2. The molecule has 1 atom stereocenters. The summed E-state index contributed by atoms with van der Waals surface area (Å²) in [7, 11) is -1.49. The number of carbonyl (C=O) groups is 2. The van der Waals surface area contributed by atoms with Crippen molar-refractivity contribution in [2.75, 3.05) is 18.6 Å². The summed E-state index contributed by atoms with van der Waals surface area (Å²) in [5.74, 6) is -0.616. The average molecular weight is 338 g/mol. The van der Waals surface area contributed by atoms with Crippen molar-refractivity contribution < 1.29 is 18.0 Å². The summed E-state index contributed by atoms with van der Waals surface area (Å²) in [6, 6.07) is 7.38. The van der Waals surface area contributed by atoms with Crippen LogP contribution in [0.2, 0.25) is 0 Å². The zero-order valence-electron chi connectivity index (χ0n) is 13.4. The van der Waals surface area contributed by atoms with Gasteiger partial charge in [0, 0.05) is 19.6 Å². The van der Waals surface area contributed by atoms with Gasteiger partial charge in [0.1, 0.15) is 6.42 Å². The smallest absolute Gasteiger partial charge is 0.232 e. The standard InChI is InChI=1S/C16H22N2O4S/c1-12-5-3-4-6-13(12)10-17-15(19)9-16(20)18(2)14-7-8-23(21,22)11-14/h3-6,14H,7-11H2,1-2H3,(H,17,19). The van der Waals surface area contributed by atoms with Gasteiger partial charge in [0.15, 0.2) is 9.84 Å². The molecule has 6 nitrogen and oxygen atoms in total. The maximum absolute atomic E-state index is 12.1. The Morgan fingerprint density at radius 2 is 2.00 bits per heavy atom. The second-order valence-corrected chi connectivity index (χ2v) is 8.17. The van der Waals surface area contributed by atoms with Gasteiger partial charge < -0.3 is 10.2 Å². The molecular formula is C16H22N2O4S. The van der Waals surface area contributed by atoms with E-state index in [1.54, 1.807) is 7.05 Å². The first-order valence-corrected chi connectivity index (χ1v) is 9.38. The van der Waals surface area contributed by atoms with Gasteiger partial charge >= 0.3 is 0 Å². The van der Waals surface area contributed by atoms with Gasteiger partial charge in [-0.2, -0.15) is 0 Å². The predicted molar refractivity (Wildman–Crippen MR) is 87.5 cm³/mol. The van der Waals surface area contributed by atoms with E-state index in [0.29, 0.717) is 13.0 Å². The molecule has 1 heterocycles. The van der Waals surface area contributed by atoms with E-state index in [1.165, 1.54) is 4.90 Å². The van der Waals surface area contributed by atoms with Gasteiger partial charge in [-0.15, -0.1) is 0 Å². The summed E-state index contributed by atoms with van der Waals surface area (Å²) in [6.45, 7) is 2.33. The molecule has 1 unspecified atom stereocenters. The first kappa shape index (κ1) is 17.5. The van der Waals surface area contributed by atoms with Crippen molar-refractivity contribution in [1.29, 1.82) is 0 Å². The van der Waals surface area contributed by atoms with Gasteiger partial charge in [-0.3, -0.25) is 9.59 Å². The second kappa shape index (κ2) is 7.12. The van der Waals surface area contributed by atoms with Crippen LogP contribution in [0.4, 0.5) is 0 Å². The highest BCUT2D eigenvalue weighted by Crippen LogP contribution is 2.17. The number of hydrogen-bond acceptors (Lipinski definition) is 4. The van der Waals surface area contributed by atoms with Crippen LogP contribution in [0, 0.1) is 6.92 Å². The molecule has 1 N–H and O–H groups in total. The summed E-state index contributed by atoms with van der Waals surface area (Å²) in [5.41, 5.74) is 2.08. The highest BCUT2D eigenvalue weighted by Gasteiger charge is 2.33. The molecule has 1 saturated heterocycles. The first-order chi connectivity index (χ1) is 10.8. The van der Waals surface area contributed by atoms with E-state index < -0.39 is 9.84 Å². The number of benzene rings is 1. The molecule has 0 aliphatic carbocycles. The van der Waals surface area contributed by atoms with E-state index in [9.17, 15) is 18.0 Å². The monoisotopic (exact) mass is 338 g/mol. The topological polar surface area (TPSA) is 83.6 Å². The normalized spacial score (nSPS) is 19.3. The zero-order valence-corrected chi connectivity index (χ0v) is 14.2. The Labute approximate surface area is 136 Å². The molecule has 0 radical (unpaired) electrons. The molecule has 126 valence electrons. The lowest BCUT2D eigenvalue weighted by molar-refractivity contribution is -0.136. The van der Waals surface area contributed by atoms with Gasteiger partial charge in [-0.05, 0) is 24.5 Å².